The molecule has 35 heavy (non-hydrogen) atoms. The number of pyridine rings is 1. The maximum Gasteiger partial charge on any atom is 0.290 e. The molecule has 1 aliphatic heterocycles. The van der Waals surface area contributed by atoms with E-state index in [0.29, 0.717) is 17.1 Å². The van der Waals surface area contributed by atoms with Crippen molar-refractivity contribution < 1.29 is 14.7 Å². The topological polar surface area (TPSA) is 86.6 Å². The number of hydrogen-bond acceptors (Lipinski definition) is 7. The highest BCUT2D eigenvalue weighted by Crippen LogP contribution is 2.40. The summed E-state index contributed by atoms with van der Waals surface area (Å²) in [6, 6.07) is 12.6. The molecule has 1 aromatic carbocycles. The van der Waals surface area contributed by atoms with E-state index in [9.17, 15) is 14.7 Å². The zero-order valence-electron chi connectivity index (χ0n) is 20.3. The number of Topliss-reactive ketones (excluding diaryl/α,β-unsaturated/α-hetero) is 1. The average Bonchev–Trinajstić information content (AvgIpc) is 3.40. The third-order valence-corrected chi connectivity index (χ3v) is 7.57. The van der Waals surface area contributed by atoms with E-state index in [0.717, 1.165) is 42.2 Å². The molecule has 3 aromatic rings. The summed E-state index contributed by atoms with van der Waals surface area (Å²) in [5.74, 6) is -1.35. The van der Waals surface area contributed by atoms with Crippen LogP contribution in [-0.2, 0) is 4.79 Å². The van der Waals surface area contributed by atoms with E-state index < -0.39 is 17.7 Å². The van der Waals surface area contributed by atoms with Crippen LogP contribution >= 0.6 is 11.3 Å². The highest BCUT2D eigenvalue weighted by Gasteiger charge is 2.44. The predicted octanol–water partition coefficient (Wildman–Crippen LogP) is 4.82. The van der Waals surface area contributed by atoms with Gasteiger partial charge in [0.25, 0.3) is 5.91 Å². The Labute approximate surface area is 209 Å². The third-order valence-electron chi connectivity index (χ3n) is 6.36. The van der Waals surface area contributed by atoms with Gasteiger partial charge in [0, 0.05) is 24.5 Å². The quantitative estimate of drug-likeness (QED) is 0.410. The van der Waals surface area contributed by atoms with Crippen molar-refractivity contribution in [2.45, 2.75) is 33.2 Å². The van der Waals surface area contributed by atoms with Crippen molar-refractivity contribution in [3.8, 4) is 10.6 Å². The van der Waals surface area contributed by atoms with Gasteiger partial charge in [0.05, 0.1) is 22.2 Å². The molecule has 0 spiro atoms. The Hall–Kier alpha value is -3.36. The van der Waals surface area contributed by atoms with Gasteiger partial charge in [0.2, 0.25) is 5.78 Å². The number of nitrogens with zero attached hydrogens (tertiary/aromatic N) is 4. The van der Waals surface area contributed by atoms with E-state index in [1.807, 2.05) is 30.3 Å². The number of aryl methyl sites for hydroxylation is 1. The summed E-state index contributed by atoms with van der Waals surface area (Å²) in [5.41, 5.74) is 2.36. The van der Waals surface area contributed by atoms with Crippen LogP contribution in [0, 0.1) is 6.92 Å². The fraction of sp³-hybridized carbons (Fsp3) is 0.333. The Morgan fingerprint density at radius 3 is 2.46 bits per heavy atom. The van der Waals surface area contributed by atoms with E-state index >= 15 is 0 Å². The number of aliphatic hydroxyl groups excluding tert-OH is 1. The summed E-state index contributed by atoms with van der Waals surface area (Å²) in [6.45, 7) is 9.12. The number of aromatic nitrogens is 2. The molecule has 1 aliphatic rings. The van der Waals surface area contributed by atoms with Crippen molar-refractivity contribution in [1.82, 2.24) is 19.8 Å². The molecule has 1 unspecified atom stereocenters. The lowest BCUT2D eigenvalue weighted by molar-refractivity contribution is -0.129. The second-order valence-electron chi connectivity index (χ2n) is 8.45. The van der Waals surface area contributed by atoms with Gasteiger partial charge in [0.1, 0.15) is 5.01 Å². The van der Waals surface area contributed by atoms with Crippen molar-refractivity contribution in [3.63, 3.8) is 0 Å². The Morgan fingerprint density at radius 1 is 1.11 bits per heavy atom. The van der Waals surface area contributed by atoms with Crippen molar-refractivity contribution in [3.05, 3.63) is 82.3 Å². The number of rotatable bonds is 10. The molecule has 1 atom stereocenters. The van der Waals surface area contributed by atoms with Gasteiger partial charge in [-0.1, -0.05) is 44.2 Å². The second-order valence-corrected chi connectivity index (χ2v) is 9.45. The first-order chi connectivity index (χ1) is 17.0. The van der Waals surface area contributed by atoms with Gasteiger partial charge in [0.15, 0.2) is 5.76 Å². The molecule has 3 heterocycles. The van der Waals surface area contributed by atoms with Gasteiger partial charge < -0.3 is 14.9 Å². The van der Waals surface area contributed by atoms with Crippen LogP contribution in [0.15, 0.2) is 66.2 Å². The smallest absolute Gasteiger partial charge is 0.290 e. The number of thiazole rings is 1. The molecule has 8 heteroatoms. The number of hydrogen-bond donors (Lipinski definition) is 1. The Balaban J connectivity index is 1.68. The van der Waals surface area contributed by atoms with Crippen LogP contribution in [0.2, 0.25) is 0 Å². The minimum atomic E-state index is -0.670. The molecule has 4 rings (SSSR count). The molecule has 0 fully saturated rings. The standard InChI is InChI=1S/C27H30N4O3S/c1-4-30(5-2)16-9-17-31-22(19-12-14-28-15-13-19)21(24(33)27(31)34)23(32)25-18(3)29-26(35-25)20-10-7-6-8-11-20/h6-8,10-15,22,33H,4-5,9,16-17H2,1-3H3. The van der Waals surface area contributed by atoms with Crippen molar-refractivity contribution in [2.75, 3.05) is 26.2 Å². The summed E-state index contributed by atoms with van der Waals surface area (Å²) >= 11 is 1.28. The first kappa shape index (κ1) is 24.8. The minimum Gasteiger partial charge on any atom is -0.503 e. The number of ketones is 1. The SMILES string of the molecule is CCN(CC)CCCN1C(=O)C(O)=C(C(=O)c2sc(-c3ccccc3)nc2C)C1c1ccncc1. The summed E-state index contributed by atoms with van der Waals surface area (Å²) in [7, 11) is 0. The van der Waals surface area contributed by atoms with Gasteiger partial charge in [-0.3, -0.25) is 14.6 Å². The molecule has 0 bridgehead atoms. The average molecular weight is 491 g/mol. The van der Waals surface area contributed by atoms with E-state index in [1.54, 1.807) is 36.4 Å². The summed E-state index contributed by atoms with van der Waals surface area (Å²) < 4.78 is 0. The number of carbonyl (C=O) groups is 2. The molecule has 182 valence electrons. The van der Waals surface area contributed by atoms with Gasteiger partial charge >= 0.3 is 0 Å². The fourth-order valence-electron chi connectivity index (χ4n) is 4.45. The van der Waals surface area contributed by atoms with Crippen LogP contribution in [0.5, 0.6) is 0 Å². The second kappa shape index (κ2) is 10.9. The van der Waals surface area contributed by atoms with Gasteiger partial charge in [-0.2, -0.15) is 0 Å². The summed E-state index contributed by atoms with van der Waals surface area (Å²) in [5, 5.41) is 11.7. The number of amides is 1. The molecule has 0 saturated heterocycles. The highest BCUT2D eigenvalue weighted by atomic mass is 32.1. The van der Waals surface area contributed by atoms with E-state index in [-0.39, 0.29) is 11.4 Å². The Bertz CT molecular complexity index is 1220. The van der Waals surface area contributed by atoms with Crippen LogP contribution in [0.4, 0.5) is 0 Å². The number of aliphatic hydroxyl groups is 1. The molecule has 1 amide bonds. The van der Waals surface area contributed by atoms with E-state index in [1.165, 1.54) is 11.3 Å². The lowest BCUT2D eigenvalue weighted by Gasteiger charge is -2.28. The lowest BCUT2D eigenvalue weighted by Crippen LogP contribution is -2.34. The fourth-order valence-corrected chi connectivity index (χ4v) is 5.47. The molecule has 2 aromatic heterocycles. The molecule has 1 N–H and O–H groups in total. The predicted molar refractivity (Wildman–Crippen MR) is 137 cm³/mol. The minimum absolute atomic E-state index is 0.107. The van der Waals surface area contributed by atoms with Crippen molar-refractivity contribution >= 4 is 23.0 Å². The van der Waals surface area contributed by atoms with Gasteiger partial charge in [-0.15, -0.1) is 11.3 Å². The number of carbonyl (C=O) groups excluding carboxylic acids is 2. The molecule has 0 radical (unpaired) electrons. The van der Waals surface area contributed by atoms with Crippen LogP contribution in [0.3, 0.4) is 0 Å². The maximum absolute atomic E-state index is 13.8. The van der Waals surface area contributed by atoms with Crippen molar-refractivity contribution in [2.24, 2.45) is 0 Å². The molecule has 0 saturated carbocycles. The largest absolute Gasteiger partial charge is 0.503 e. The highest BCUT2D eigenvalue weighted by molar-refractivity contribution is 7.17. The molecular weight excluding hydrogens is 460 g/mol. The summed E-state index contributed by atoms with van der Waals surface area (Å²) in [4.78, 5) is 40.0. The zero-order chi connectivity index (χ0) is 24.9. The molecule has 7 nitrogen and oxygen atoms in total. The van der Waals surface area contributed by atoms with Crippen LogP contribution < -0.4 is 0 Å². The van der Waals surface area contributed by atoms with Crippen molar-refractivity contribution in [1.29, 1.82) is 0 Å². The van der Waals surface area contributed by atoms with Crippen LogP contribution in [0.25, 0.3) is 10.6 Å². The van der Waals surface area contributed by atoms with Crippen LogP contribution in [-0.4, -0.2) is 62.7 Å². The molecule has 0 aliphatic carbocycles. The van der Waals surface area contributed by atoms with E-state index in [2.05, 4.69) is 28.7 Å². The monoisotopic (exact) mass is 490 g/mol. The maximum atomic E-state index is 13.8. The lowest BCUT2D eigenvalue weighted by atomic mass is 9.95. The normalized spacial score (nSPS) is 15.9. The summed E-state index contributed by atoms with van der Waals surface area (Å²) in [6.07, 6.45) is 4.01. The zero-order valence-corrected chi connectivity index (χ0v) is 21.1. The first-order valence-corrected chi connectivity index (χ1v) is 12.7. The third kappa shape index (κ3) is 5.04. The Morgan fingerprint density at radius 2 is 1.80 bits per heavy atom. The van der Waals surface area contributed by atoms with Gasteiger partial charge in [-0.05, 0) is 50.7 Å². The molecular formula is C27H30N4O3S. The van der Waals surface area contributed by atoms with E-state index in [4.69, 9.17) is 0 Å². The first-order valence-electron chi connectivity index (χ1n) is 11.9. The Kier molecular flexibility index (Phi) is 7.73. The van der Waals surface area contributed by atoms with Crippen LogP contribution in [0.1, 0.15) is 47.2 Å². The van der Waals surface area contributed by atoms with Gasteiger partial charge in [-0.25, -0.2) is 4.98 Å². The number of benzene rings is 1.